The van der Waals surface area contributed by atoms with Crippen molar-refractivity contribution >= 4 is 127 Å². The summed E-state index contributed by atoms with van der Waals surface area (Å²) < 4.78 is 153. The Balaban J connectivity index is 0.000000133. The number of methoxy groups -OCH3 is 1. The summed E-state index contributed by atoms with van der Waals surface area (Å²) in [6.45, 7) is 5.19. The zero-order chi connectivity index (χ0) is 104. The predicted molar refractivity (Wildman–Crippen MR) is 538 cm³/mol. The SMILES string of the molecule is C=c1nnc2n1NC(OCc1ccc(C(F)(F)F)nc1)=C(c1ccc(Cl)cc1)C=2c1ccc(Cl)cc1.COc1nn2c(=O)n(Cc3ccc(C(C)(F)F)nc3)nc2c(-c2ccc(Cl)cc2)c1-c1ccc(Cl)cc1.Cn1c(=O)c(-c2ccc(Cl)cc2)c(-c2ccc(Cl)cc2)c2nn(Cc3ccc(C(C)(F)F)nc3)c(=O)n21.O=c1c(-c2ccc(Cl)cc2)c(-c2ccc(Cl)cc2)c2n[nH]c(=O)n2n1Cc1ccc(C(F)(F)F)cc1. The smallest absolute Gasteiger partial charge is 0.433 e. The van der Waals surface area contributed by atoms with Gasteiger partial charge in [-0.3, -0.25) is 30.0 Å². The number of hydrogen-bond acceptors (Lipinski definition) is 17. The van der Waals surface area contributed by atoms with Gasteiger partial charge in [-0.2, -0.15) is 62.5 Å². The van der Waals surface area contributed by atoms with Gasteiger partial charge in [-0.15, -0.1) is 25.5 Å². The van der Waals surface area contributed by atoms with Gasteiger partial charge in [-0.1, -0.05) is 227 Å². The van der Waals surface area contributed by atoms with Gasteiger partial charge in [0.05, 0.1) is 54.6 Å². The van der Waals surface area contributed by atoms with Gasteiger partial charge in [-0.25, -0.2) is 42.9 Å². The minimum Gasteiger partial charge on any atom is -0.480 e. The normalized spacial score (nSPS) is 12.2. The Labute approximate surface area is 857 Å². The second-order valence-corrected chi connectivity index (χ2v) is 36.3. The number of ether oxygens (including phenoxy) is 2. The molecule has 2 N–H and O–H groups in total. The van der Waals surface area contributed by atoms with E-state index in [-0.39, 0.29) is 66.0 Å². The van der Waals surface area contributed by atoms with E-state index in [0.29, 0.717) is 140 Å². The number of halogens is 18. The first-order chi connectivity index (χ1) is 69.5. The van der Waals surface area contributed by atoms with Crippen molar-refractivity contribution in [2.24, 2.45) is 7.05 Å². The number of hydrogen-bond donors (Lipinski definition) is 2. The highest BCUT2D eigenvalue weighted by Crippen LogP contribution is 2.44. The minimum atomic E-state index is -4.52. The van der Waals surface area contributed by atoms with E-state index in [1.165, 1.54) is 87.6 Å². The molecule has 1 aliphatic rings. The molecule has 0 fully saturated rings. The topological polar surface area (TPSA) is 286 Å². The van der Waals surface area contributed by atoms with Crippen LogP contribution in [-0.2, 0) is 62.2 Å². The number of H-pyrrole nitrogens is 1. The lowest BCUT2D eigenvalue weighted by Gasteiger charge is -2.24. The monoisotopic (exact) mass is 2140 g/mol. The van der Waals surface area contributed by atoms with Gasteiger partial charge in [0, 0.05) is 107 Å². The maximum absolute atomic E-state index is 13.9. The van der Waals surface area contributed by atoms with Gasteiger partial charge in [0.1, 0.15) is 23.7 Å². The number of fused-ring (bicyclic) bond motifs is 4. The molecule has 0 radical (unpaired) electrons. The number of rotatable bonds is 20. The summed E-state index contributed by atoms with van der Waals surface area (Å²) in [4.78, 5) is 78.2. The molecule has 0 atom stereocenters. The fourth-order valence-corrected chi connectivity index (χ4v) is 16.8. The standard InChI is InChI=1S/2C26H19Cl2F2N5O2.C25H16Cl2F3N5O.C25H15Cl2F3N4O2/c1-26(29,30)20-12-3-15(13-31-20)14-34-25(36)35-23(32-34)21(16-4-8-18(27)9-5-16)22(24(33-35)37-2)17-6-10-19(28)11-7-17;1-26(29,30)20-12-3-15(13-31-20)14-34-25(37)35-23(32-34)21(16-4-8-18(27)9-5-16)22(24(36)33(35)2)17-6-10-19(28)11-7-17;1-14-32-33-23-21(16-3-7-18(26)8-4-16)22(17-5-9-19(27)10-6-17)24(34-35(14)23)36-13-15-2-11-20(31-12-15)25(28,29)30;26-18-9-3-15(4-10-18)20-21(16-5-11-19(27)12-6-16)23(35)33(34-22(20)31-32-24(34)36)13-14-1-7-17(8-2-14)25(28,29)30/h2*3-13H,14H2,1-2H3;2-12,34H,1,13H2;1-12H,13H2,(H,32,36). The molecule has 11 heterocycles. The Morgan fingerprint density at radius 1 is 0.377 bits per heavy atom. The van der Waals surface area contributed by atoms with Crippen LogP contribution in [0.2, 0.25) is 40.2 Å². The van der Waals surface area contributed by atoms with Crippen molar-refractivity contribution in [2.45, 2.75) is 64.3 Å². The Morgan fingerprint density at radius 2 is 0.753 bits per heavy atom. The molecule has 0 saturated carbocycles. The molecule has 146 heavy (non-hydrogen) atoms. The van der Waals surface area contributed by atoms with E-state index in [0.717, 1.165) is 74.2 Å². The van der Waals surface area contributed by atoms with Crippen LogP contribution in [0.4, 0.5) is 43.9 Å². The van der Waals surface area contributed by atoms with E-state index in [2.05, 4.69) is 62.6 Å². The van der Waals surface area contributed by atoms with Crippen molar-refractivity contribution in [3.8, 4) is 72.6 Å². The largest absolute Gasteiger partial charge is 0.480 e. The molecule has 0 spiro atoms. The highest BCUT2D eigenvalue weighted by atomic mass is 35.5. The van der Waals surface area contributed by atoms with Crippen molar-refractivity contribution in [2.75, 3.05) is 12.5 Å². The van der Waals surface area contributed by atoms with E-state index in [1.54, 1.807) is 150 Å². The zero-order valence-corrected chi connectivity index (χ0v) is 81.8. The highest BCUT2D eigenvalue weighted by molar-refractivity contribution is 6.33. The third-order valence-corrected chi connectivity index (χ3v) is 24.9. The molecule has 0 saturated heterocycles. The van der Waals surface area contributed by atoms with Crippen LogP contribution in [-0.4, -0.2) is 94.7 Å². The molecule has 0 unspecified atom stereocenters. The van der Waals surface area contributed by atoms with Crippen molar-refractivity contribution in [1.82, 2.24) is 87.6 Å². The fraction of sp³-hybridized carbons (Fsp3) is 0.118. The molecule has 9 aromatic carbocycles. The number of aryl methyl sites for hydroxylation is 1. The number of alkyl halides is 10. The molecular formula is C102H69Cl8F10N19O7. The lowest BCUT2D eigenvalue weighted by atomic mass is 9.92. The van der Waals surface area contributed by atoms with Crippen molar-refractivity contribution in [3.05, 3.63) is 439 Å². The Bertz CT molecular complexity index is 8650. The average molecular weight is 2150 g/mol. The van der Waals surface area contributed by atoms with Crippen LogP contribution in [0.5, 0.6) is 5.88 Å². The van der Waals surface area contributed by atoms with Gasteiger partial charge < -0.3 is 9.47 Å². The quantitative estimate of drug-likeness (QED) is 0.0670. The molecule has 19 aromatic rings. The van der Waals surface area contributed by atoms with Gasteiger partial charge in [0.25, 0.3) is 23.0 Å². The summed E-state index contributed by atoms with van der Waals surface area (Å²) in [6.07, 6.45) is -5.30. The maximum atomic E-state index is 13.9. The van der Waals surface area contributed by atoms with Crippen LogP contribution < -0.4 is 49.3 Å². The summed E-state index contributed by atoms with van der Waals surface area (Å²) in [5.74, 6) is -5.62. The Hall–Kier alpha value is -15.3. The number of benzene rings is 9. The Kier molecular flexibility index (Phi) is 29.3. The van der Waals surface area contributed by atoms with Crippen LogP contribution in [0.25, 0.3) is 101 Å². The summed E-state index contributed by atoms with van der Waals surface area (Å²) in [5.41, 5.74) is 10.6. The molecule has 1 aliphatic heterocycles. The van der Waals surface area contributed by atoms with E-state index in [1.807, 2.05) is 48.5 Å². The molecule has 740 valence electrons. The molecule has 0 amide bonds. The van der Waals surface area contributed by atoms with E-state index in [4.69, 9.17) is 102 Å². The first-order valence-corrected chi connectivity index (χ1v) is 46.3. The van der Waals surface area contributed by atoms with Crippen LogP contribution in [0.3, 0.4) is 0 Å². The predicted octanol–water partition coefficient (Wildman–Crippen LogP) is 22.1. The fourth-order valence-electron chi connectivity index (χ4n) is 15.8. The molecule has 10 aromatic heterocycles. The van der Waals surface area contributed by atoms with Crippen molar-refractivity contribution < 1.29 is 53.4 Å². The number of aromatic nitrogens is 18. The summed E-state index contributed by atoms with van der Waals surface area (Å²) in [5, 5.41) is 32.7. The van der Waals surface area contributed by atoms with Crippen LogP contribution in [0.1, 0.15) is 69.9 Å². The number of aromatic amines is 1. The third kappa shape index (κ3) is 21.9. The second kappa shape index (κ2) is 41.8. The number of nitrogens with one attached hydrogen (secondary N) is 2. The van der Waals surface area contributed by atoms with Gasteiger partial charge >= 0.3 is 29.4 Å². The first kappa shape index (κ1) is 102. The molecule has 44 heteroatoms. The lowest BCUT2D eigenvalue weighted by Crippen LogP contribution is -2.40. The zero-order valence-electron chi connectivity index (χ0n) is 75.8. The lowest BCUT2D eigenvalue weighted by molar-refractivity contribution is -0.141. The molecule has 0 aliphatic carbocycles. The molecule has 20 rings (SSSR count). The second-order valence-electron chi connectivity index (χ2n) is 32.8. The first-order valence-electron chi connectivity index (χ1n) is 43.3. The molecule has 26 nitrogen and oxygen atoms in total. The van der Waals surface area contributed by atoms with Crippen molar-refractivity contribution in [1.29, 1.82) is 0 Å². The molecule has 0 bridgehead atoms. The maximum Gasteiger partial charge on any atom is 0.433 e. The highest BCUT2D eigenvalue weighted by Gasteiger charge is 2.36. The van der Waals surface area contributed by atoms with Gasteiger partial charge in [0.2, 0.25) is 11.8 Å². The number of pyridine rings is 3. The van der Waals surface area contributed by atoms with Crippen LogP contribution in [0.15, 0.2) is 303 Å². The third-order valence-electron chi connectivity index (χ3n) is 22.8. The summed E-state index contributed by atoms with van der Waals surface area (Å²) in [6, 6.07) is 67.5. The molecular weight excluding hydrogens is 2080 g/mol. The van der Waals surface area contributed by atoms with Gasteiger partial charge in [-0.05, 0) is 189 Å². The van der Waals surface area contributed by atoms with Gasteiger partial charge in [0.15, 0.2) is 27.9 Å². The van der Waals surface area contributed by atoms with Crippen LogP contribution >= 0.6 is 92.8 Å². The van der Waals surface area contributed by atoms with E-state index >= 15 is 0 Å². The summed E-state index contributed by atoms with van der Waals surface area (Å²) >= 11 is 48.8. The van der Waals surface area contributed by atoms with Crippen molar-refractivity contribution in [3.63, 3.8) is 0 Å². The summed E-state index contributed by atoms with van der Waals surface area (Å²) in [7, 11) is 2.94. The minimum absolute atomic E-state index is 0.00338. The van der Waals surface area contributed by atoms with Crippen LogP contribution in [0, 0.1) is 0 Å². The number of allylic oxidation sites excluding steroid dienone is 1. The average Bonchev–Trinajstić information content (AvgIpc) is 1.55. The number of nitrogens with zero attached hydrogens (tertiary/aromatic N) is 17. The van der Waals surface area contributed by atoms with E-state index < -0.39 is 63.6 Å². The Morgan fingerprint density at radius 3 is 1.17 bits per heavy atom. The van der Waals surface area contributed by atoms with E-state index in [9.17, 15) is 67.9 Å².